The van der Waals surface area contributed by atoms with E-state index in [0.29, 0.717) is 11.8 Å². The second kappa shape index (κ2) is 7.30. The van der Waals surface area contributed by atoms with Crippen molar-refractivity contribution in [3.8, 4) is 0 Å². The number of hydrogen-bond acceptors (Lipinski definition) is 2. The van der Waals surface area contributed by atoms with Crippen molar-refractivity contribution in [2.24, 2.45) is 11.3 Å². The lowest BCUT2D eigenvalue weighted by Crippen LogP contribution is -2.30. The van der Waals surface area contributed by atoms with E-state index in [2.05, 4.69) is 20.4 Å². The van der Waals surface area contributed by atoms with Crippen molar-refractivity contribution in [2.75, 3.05) is 0 Å². The van der Waals surface area contributed by atoms with Gasteiger partial charge in [0, 0.05) is 0 Å². The van der Waals surface area contributed by atoms with Crippen molar-refractivity contribution in [3.05, 3.63) is 12.7 Å². The van der Waals surface area contributed by atoms with Crippen LogP contribution >= 0.6 is 0 Å². The Morgan fingerprint density at radius 1 is 1.28 bits per heavy atom. The largest absolute Gasteiger partial charge is 0.393 e. The Labute approximate surface area is 112 Å². The first-order valence-corrected chi connectivity index (χ1v) is 7.42. The van der Waals surface area contributed by atoms with Crippen molar-refractivity contribution >= 4 is 0 Å². The normalized spacial score (nSPS) is 26.9. The highest BCUT2D eigenvalue weighted by molar-refractivity contribution is 4.83. The quantitative estimate of drug-likeness (QED) is 0.681. The zero-order valence-electron chi connectivity index (χ0n) is 12.1. The Morgan fingerprint density at radius 2 is 1.89 bits per heavy atom. The zero-order chi connectivity index (χ0) is 13.6. The van der Waals surface area contributed by atoms with Crippen LogP contribution in [0.4, 0.5) is 0 Å². The van der Waals surface area contributed by atoms with Gasteiger partial charge in [-0.1, -0.05) is 26.3 Å². The molecule has 0 saturated heterocycles. The molecule has 1 rings (SSSR count). The van der Waals surface area contributed by atoms with Crippen LogP contribution in [0.5, 0.6) is 0 Å². The van der Waals surface area contributed by atoms with Crippen molar-refractivity contribution in [1.29, 1.82) is 0 Å². The second-order valence-electron chi connectivity index (χ2n) is 6.56. The molecule has 0 aromatic heterocycles. The average molecular weight is 254 g/mol. The maximum Gasteiger partial charge on any atom is 0.0574 e. The van der Waals surface area contributed by atoms with Gasteiger partial charge in [-0.25, -0.2) is 0 Å². The van der Waals surface area contributed by atoms with Gasteiger partial charge >= 0.3 is 0 Å². The Bertz CT molecular complexity index is 239. The van der Waals surface area contributed by atoms with Gasteiger partial charge in [0.25, 0.3) is 0 Å². The van der Waals surface area contributed by atoms with Gasteiger partial charge in [-0.2, -0.15) is 0 Å². The van der Waals surface area contributed by atoms with Gasteiger partial charge < -0.3 is 10.2 Å². The van der Waals surface area contributed by atoms with Crippen molar-refractivity contribution < 1.29 is 10.2 Å². The van der Waals surface area contributed by atoms with E-state index in [1.54, 1.807) is 6.08 Å². The van der Waals surface area contributed by atoms with Crippen LogP contribution in [0.2, 0.25) is 0 Å². The molecule has 1 unspecified atom stereocenters. The van der Waals surface area contributed by atoms with E-state index in [1.165, 1.54) is 6.42 Å². The predicted molar refractivity (Wildman–Crippen MR) is 76.4 cm³/mol. The molecule has 1 saturated carbocycles. The summed E-state index contributed by atoms with van der Waals surface area (Å²) < 4.78 is 0. The molecule has 0 bridgehead atoms. The Hall–Kier alpha value is -0.340. The minimum absolute atomic E-state index is 0.0635. The van der Waals surface area contributed by atoms with Crippen LogP contribution in [0, 0.1) is 11.3 Å². The van der Waals surface area contributed by atoms with Gasteiger partial charge in [0.2, 0.25) is 0 Å². The summed E-state index contributed by atoms with van der Waals surface area (Å²) in [6, 6.07) is 0. The lowest BCUT2D eigenvalue weighted by Gasteiger charge is -2.38. The molecule has 1 aliphatic carbocycles. The van der Waals surface area contributed by atoms with Crippen LogP contribution in [0.15, 0.2) is 12.7 Å². The highest BCUT2D eigenvalue weighted by Gasteiger charge is 2.32. The van der Waals surface area contributed by atoms with E-state index in [-0.39, 0.29) is 12.2 Å². The van der Waals surface area contributed by atoms with Crippen LogP contribution in [0.3, 0.4) is 0 Å². The number of rotatable bonds is 7. The fraction of sp³-hybridized carbons (Fsp3) is 0.875. The van der Waals surface area contributed by atoms with E-state index in [9.17, 15) is 10.2 Å². The first kappa shape index (κ1) is 15.7. The van der Waals surface area contributed by atoms with Gasteiger partial charge in [-0.05, 0) is 56.3 Å². The third-order valence-corrected chi connectivity index (χ3v) is 4.60. The molecule has 0 radical (unpaired) electrons. The maximum atomic E-state index is 9.69. The van der Waals surface area contributed by atoms with E-state index in [1.807, 2.05) is 0 Å². The molecule has 106 valence electrons. The van der Waals surface area contributed by atoms with Gasteiger partial charge in [0.15, 0.2) is 0 Å². The fourth-order valence-electron chi connectivity index (χ4n) is 3.16. The van der Waals surface area contributed by atoms with Gasteiger partial charge in [-0.3, -0.25) is 0 Å². The first-order valence-electron chi connectivity index (χ1n) is 7.42. The maximum absolute atomic E-state index is 9.69. The average Bonchev–Trinajstić information content (AvgIpc) is 2.29. The Kier molecular flexibility index (Phi) is 6.37. The lowest BCUT2D eigenvalue weighted by molar-refractivity contribution is 0.0583. The lowest BCUT2D eigenvalue weighted by atomic mass is 9.68. The fourth-order valence-corrected chi connectivity index (χ4v) is 3.16. The first-order chi connectivity index (χ1) is 8.45. The molecule has 0 aromatic rings. The van der Waals surface area contributed by atoms with Crippen molar-refractivity contribution in [2.45, 2.75) is 77.4 Å². The van der Waals surface area contributed by atoms with Crippen LogP contribution in [0.25, 0.3) is 0 Å². The monoisotopic (exact) mass is 254 g/mol. The molecule has 2 N–H and O–H groups in total. The summed E-state index contributed by atoms with van der Waals surface area (Å²) in [5, 5.41) is 19.2. The zero-order valence-corrected chi connectivity index (χ0v) is 12.1. The molecule has 1 aliphatic rings. The summed E-state index contributed by atoms with van der Waals surface area (Å²) in [5.74, 6) is 0.734. The smallest absolute Gasteiger partial charge is 0.0574 e. The summed E-state index contributed by atoms with van der Waals surface area (Å²) in [7, 11) is 0. The van der Waals surface area contributed by atoms with E-state index >= 15 is 0 Å². The van der Waals surface area contributed by atoms with E-state index in [4.69, 9.17) is 0 Å². The van der Waals surface area contributed by atoms with E-state index < -0.39 is 0 Å². The summed E-state index contributed by atoms with van der Waals surface area (Å²) in [4.78, 5) is 0. The minimum atomic E-state index is -0.216. The van der Waals surface area contributed by atoms with E-state index in [0.717, 1.165) is 44.4 Å². The number of aliphatic hydroxyl groups is 2. The third-order valence-electron chi connectivity index (χ3n) is 4.60. The molecule has 0 aromatic carbocycles. The highest BCUT2D eigenvalue weighted by atomic mass is 16.3. The highest BCUT2D eigenvalue weighted by Crippen LogP contribution is 2.41. The summed E-state index contributed by atoms with van der Waals surface area (Å²) in [6.07, 6.45) is 9.59. The molecular formula is C16H30O2. The number of aliphatic hydroxyl groups excluding tert-OH is 2. The molecule has 18 heavy (non-hydrogen) atoms. The SMILES string of the molecule is C=CCC(O)CCCC(C)(C)C1CCC(O)CC1. The van der Waals surface area contributed by atoms with Crippen LogP contribution in [-0.2, 0) is 0 Å². The molecule has 0 spiro atoms. The van der Waals surface area contributed by atoms with Gasteiger partial charge in [-0.15, -0.1) is 6.58 Å². The predicted octanol–water partition coefficient (Wildman–Crippen LogP) is 3.67. The van der Waals surface area contributed by atoms with Crippen molar-refractivity contribution in [1.82, 2.24) is 0 Å². The molecular weight excluding hydrogens is 224 g/mol. The topological polar surface area (TPSA) is 40.5 Å². The Morgan fingerprint density at radius 3 is 2.44 bits per heavy atom. The van der Waals surface area contributed by atoms with Gasteiger partial charge in [0.1, 0.15) is 0 Å². The molecule has 2 nitrogen and oxygen atoms in total. The minimum Gasteiger partial charge on any atom is -0.393 e. The molecule has 0 heterocycles. The molecule has 1 atom stereocenters. The standard InChI is InChI=1S/C16H30O2/c1-4-6-14(17)7-5-12-16(2,3)13-8-10-15(18)11-9-13/h4,13-15,17-18H,1,5-12H2,2-3H3. The van der Waals surface area contributed by atoms with Crippen LogP contribution < -0.4 is 0 Å². The Balaban J connectivity index is 2.28. The summed E-state index contributed by atoms with van der Waals surface area (Å²) in [6.45, 7) is 8.34. The summed E-state index contributed by atoms with van der Waals surface area (Å²) >= 11 is 0. The second-order valence-corrected chi connectivity index (χ2v) is 6.56. The third kappa shape index (κ3) is 5.11. The van der Waals surface area contributed by atoms with Crippen LogP contribution in [-0.4, -0.2) is 22.4 Å². The van der Waals surface area contributed by atoms with Crippen LogP contribution in [0.1, 0.15) is 65.2 Å². The van der Waals surface area contributed by atoms with Crippen molar-refractivity contribution in [3.63, 3.8) is 0 Å². The molecule has 2 heteroatoms. The molecule has 0 amide bonds. The number of hydrogen-bond donors (Lipinski definition) is 2. The van der Waals surface area contributed by atoms with Gasteiger partial charge in [0.05, 0.1) is 12.2 Å². The summed E-state index contributed by atoms with van der Waals surface area (Å²) in [5.41, 5.74) is 0.341. The molecule has 1 fully saturated rings. The molecule has 0 aliphatic heterocycles.